The van der Waals surface area contributed by atoms with Crippen LogP contribution in [-0.4, -0.2) is 8.80 Å². The van der Waals surface area contributed by atoms with Gasteiger partial charge in [0, 0.05) is 0 Å². The van der Waals surface area contributed by atoms with Crippen LogP contribution in [0, 0.1) is 0 Å². The highest BCUT2D eigenvalue weighted by Gasteiger charge is 2.59. The first-order valence-electron chi connectivity index (χ1n) is 9.06. The maximum atomic E-state index is 6.51. The van der Waals surface area contributed by atoms with Crippen molar-refractivity contribution < 1.29 is 13.3 Å². The molecule has 1 saturated carbocycles. The molecule has 0 unspecified atom stereocenters. The maximum absolute atomic E-state index is 6.51. The normalized spacial score (nSPS) is 14.3. The predicted molar refractivity (Wildman–Crippen MR) is 105 cm³/mol. The lowest BCUT2D eigenvalue weighted by Gasteiger charge is -2.39. The summed E-state index contributed by atoms with van der Waals surface area (Å²) >= 11 is 0. The molecule has 0 amide bonds. The van der Waals surface area contributed by atoms with Crippen molar-refractivity contribution in [2.45, 2.75) is 24.8 Å². The Balaban J connectivity index is 1.71. The fourth-order valence-corrected chi connectivity index (χ4v) is 6.17. The van der Waals surface area contributed by atoms with Crippen LogP contribution >= 0.6 is 0 Å². The first-order valence-corrected chi connectivity index (χ1v) is 10.9. The third kappa shape index (κ3) is 3.75. The van der Waals surface area contributed by atoms with Crippen molar-refractivity contribution in [1.29, 1.82) is 0 Å². The van der Waals surface area contributed by atoms with Crippen LogP contribution in [0.2, 0.25) is 5.54 Å². The van der Waals surface area contributed by atoms with Gasteiger partial charge in [-0.25, -0.2) is 0 Å². The van der Waals surface area contributed by atoms with Crippen molar-refractivity contribution in [1.82, 2.24) is 0 Å². The summed E-state index contributed by atoms with van der Waals surface area (Å²) in [4.78, 5) is 0. The molecule has 0 aromatic heterocycles. The predicted octanol–water partition coefficient (Wildman–Crippen LogP) is 5.72. The van der Waals surface area contributed by atoms with E-state index in [4.69, 9.17) is 13.3 Å². The molecular weight excluding hydrogens is 340 g/mol. The van der Waals surface area contributed by atoms with Gasteiger partial charge in [0.25, 0.3) is 0 Å². The fraction of sp³-hybridized carbons (Fsp3) is 0.182. The second-order valence-electron chi connectivity index (χ2n) is 6.48. The second-order valence-corrected chi connectivity index (χ2v) is 9.11. The topological polar surface area (TPSA) is 27.7 Å². The van der Waals surface area contributed by atoms with Gasteiger partial charge in [0.1, 0.15) is 17.2 Å². The number of para-hydroxylation sites is 3. The van der Waals surface area contributed by atoms with E-state index in [0.29, 0.717) is 5.54 Å². The molecule has 0 N–H and O–H groups in total. The Kier molecular flexibility index (Phi) is 4.93. The molecule has 132 valence electrons. The minimum absolute atomic E-state index is 0.295. The summed E-state index contributed by atoms with van der Waals surface area (Å²) in [5.41, 5.74) is 0.295. The van der Waals surface area contributed by atoms with Crippen LogP contribution in [0.25, 0.3) is 0 Å². The lowest BCUT2D eigenvalue weighted by atomic mass is 10.00. The maximum Gasteiger partial charge on any atom is 0.702 e. The Morgan fingerprint density at radius 1 is 0.538 bits per heavy atom. The van der Waals surface area contributed by atoms with Crippen LogP contribution < -0.4 is 13.3 Å². The van der Waals surface area contributed by atoms with Gasteiger partial charge in [-0.15, -0.1) is 0 Å². The molecule has 3 aromatic rings. The van der Waals surface area contributed by atoms with E-state index >= 15 is 0 Å². The molecule has 1 fully saturated rings. The van der Waals surface area contributed by atoms with Gasteiger partial charge < -0.3 is 13.3 Å². The van der Waals surface area contributed by atoms with Gasteiger partial charge >= 0.3 is 8.80 Å². The highest BCUT2D eigenvalue weighted by Crippen LogP contribution is 2.43. The molecule has 0 aliphatic heterocycles. The van der Waals surface area contributed by atoms with Crippen molar-refractivity contribution in [3.8, 4) is 17.2 Å². The molecule has 0 saturated heterocycles. The Hall–Kier alpha value is -2.72. The Bertz CT molecular complexity index is 703. The van der Waals surface area contributed by atoms with Crippen molar-refractivity contribution in [2.24, 2.45) is 0 Å². The minimum atomic E-state index is -3.03. The number of rotatable bonds is 7. The van der Waals surface area contributed by atoms with Crippen LogP contribution in [-0.2, 0) is 0 Å². The van der Waals surface area contributed by atoms with E-state index in [1.165, 1.54) is 6.42 Å². The van der Waals surface area contributed by atoms with Gasteiger partial charge in [0.05, 0.1) is 5.54 Å². The zero-order valence-corrected chi connectivity index (χ0v) is 15.6. The van der Waals surface area contributed by atoms with Crippen molar-refractivity contribution in [2.75, 3.05) is 0 Å². The van der Waals surface area contributed by atoms with Crippen molar-refractivity contribution >= 4 is 8.80 Å². The summed E-state index contributed by atoms with van der Waals surface area (Å²) in [5.74, 6) is 2.37. The first-order chi connectivity index (χ1) is 12.8. The van der Waals surface area contributed by atoms with Gasteiger partial charge in [-0.2, -0.15) is 0 Å². The van der Waals surface area contributed by atoms with E-state index in [2.05, 4.69) is 0 Å². The smallest absolute Gasteiger partial charge is 0.483 e. The van der Waals surface area contributed by atoms with E-state index in [1.54, 1.807) is 0 Å². The second kappa shape index (κ2) is 7.66. The zero-order chi connectivity index (χ0) is 17.7. The van der Waals surface area contributed by atoms with Crippen LogP contribution in [0.15, 0.2) is 91.0 Å². The molecule has 1 aliphatic carbocycles. The molecule has 4 heteroatoms. The molecule has 0 spiro atoms. The largest absolute Gasteiger partial charge is 0.702 e. The SMILES string of the molecule is c1ccc(O[Si](Oc2ccccc2)(Oc2ccccc2)C2CCC2)cc1. The zero-order valence-electron chi connectivity index (χ0n) is 14.6. The Morgan fingerprint density at radius 3 is 1.15 bits per heavy atom. The van der Waals surface area contributed by atoms with Crippen LogP contribution in [0.3, 0.4) is 0 Å². The number of benzene rings is 3. The molecule has 26 heavy (non-hydrogen) atoms. The van der Waals surface area contributed by atoms with Gasteiger partial charge in [-0.05, 0) is 49.2 Å². The summed E-state index contributed by atoms with van der Waals surface area (Å²) in [5, 5.41) is 0. The molecular formula is C22H22O3Si. The van der Waals surface area contributed by atoms with Gasteiger partial charge in [0.15, 0.2) is 0 Å². The highest BCUT2D eigenvalue weighted by molar-refractivity contribution is 6.65. The monoisotopic (exact) mass is 362 g/mol. The van der Waals surface area contributed by atoms with Gasteiger partial charge in [-0.3, -0.25) is 0 Å². The van der Waals surface area contributed by atoms with Gasteiger partial charge in [0.2, 0.25) is 0 Å². The summed E-state index contributed by atoms with van der Waals surface area (Å²) in [7, 11) is -3.03. The van der Waals surface area contributed by atoms with Crippen LogP contribution in [0.5, 0.6) is 17.2 Å². The number of hydrogen-bond donors (Lipinski definition) is 0. The van der Waals surface area contributed by atoms with E-state index in [0.717, 1.165) is 30.1 Å². The molecule has 3 nitrogen and oxygen atoms in total. The number of hydrogen-bond acceptors (Lipinski definition) is 3. The third-order valence-corrected chi connectivity index (χ3v) is 7.75. The van der Waals surface area contributed by atoms with E-state index in [-0.39, 0.29) is 0 Å². The average molecular weight is 363 g/mol. The average Bonchev–Trinajstić information content (AvgIpc) is 2.62. The van der Waals surface area contributed by atoms with Crippen molar-refractivity contribution in [3.63, 3.8) is 0 Å². The lowest BCUT2D eigenvalue weighted by molar-refractivity contribution is 0.217. The Morgan fingerprint density at radius 2 is 0.885 bits per heavy atom. The van der Waals surface area contributed by atoms with Gasteiger partial charge in [-0.1, -0.05) is 61.0 Å². The molecule has 0 radical (unpaired) electrons. The third-order valence-electron chi connectivity index (χ3n) is 4.62. The summed E-state index contributed by atoms with van der Waals surface area (Å²) < 4.78 is 19.5. The van der Waals surface area contributed by atoms with Crippen molar-refractivity contribution in [3.05, 3.63) is 91.0 Å². The minimum Gasteiger partial charge on any atom is -0.483 e. The van der Waals surface area contributed by atoms with Crippen LogP contribution in [0.4, 0.5) is 0 Å². The summed E-state index contributed by atoms with van der Waals surface area (Å²) in [6.45, 7) is 0. The molecule has 3 aromatic carbocycles. The van der Waals surface area contributed by atoms with Crippen LogP contribution in [0.1, 0.15) is 19.3 Å². The molecule has 0 bridgehead atoms. The van der Waals surface area contributed by atoms with E-state index in [1.807, 2.05) is 91.0 Å². The highest BCUT2D eigenvalue weighted by atomic mass is 28.4. The molecule has 4 rings (SSSR count). The van der Waals surface area contributed by atoms with E-state index in [9.17, 15) is 0 Å². The lowest BCUT2D eigenvalue weighted by Crippen LogP contribution is -2.60. The fourth-order valence-electron chi connectivity index (χ4n) is 3.03. The molecule has 1 aliphatic rings. The van der Waals surface area contributed by atoms with E-state index < -0.39 is 8.80 Å². The standard InChI is InChI=1S/C22H22O3Si/c1-4-11-19(12-5-1)23-26(22-17-10-18-22,24-20-13-6-2-7-14-20)25-21-15-8-3-9-16-21/h1-9,11-16,22H,10,17-18H2. The molecule has 0 heterocycles. The molecule has 0 atom stereocenters. The summed E-state index contributed by atoms with van der Waals surface area (Å²) in [6.07, 6.45) is 3.32. The quantitative estimate of drug-likeness (QED) is 0.503. The Labute approximate surface area is 155 Å². The first kappa shape index (κ1) is 16.7. The summed E-state index contributed by atoms with van der Waals surface area (Å²) in [6, 6.07) is 29.5.